The van der Waals surface area contributed by atoms with Crippen molar-refractivity contribution < 1.29 is 4.74 Å². The summed E-state index contributed by atoms with van der Waals surface area (Å²) in [5.41, 5.74) is 1.46. The predicted molar refractivity (Wildman–Crippen MR) is 61.2 cm³/mol. The number of anilines is 1. The molecule has 0 radical (unpaired) electrons. The lowest BCUT2D eigenvalue weighted by Crippen LogP contribution is -2.05. The summed E-state index contributed by atoms with van der Waals surface area (Å²) < 4.78 is 9.34. The van der Waals surface area contributed by atoms with Crippen molar-refractivity contribution in [2.75, 3.05) is 25.1 Å². The molecular formula is C10H15N3OS. The molecule has 0 fully saturated rings. The summed E-state index contributed by atoms with van der Waals surface area (Å²) in [4.78, 5) is 0. The number of aryl methyl sites for hydroxylation is 1. The van der Waals surface area contributed by atoms with Crippen molar-refractivity contribution in [2.45, 2.75) is 20.3 Å². The van der Waals surface area contributed by atoms with Crippen LogP contribution in [-0.2, 0) is 4.74 Å². The van der Waals surface area contributed by atoms with Crippen LogP contribution >= 0.6 is 11.5 Å². The van der Waals surface area contributed by atoms with E-state index in [2.05, 4.69) is 15.8 Å². The Morgan fingerprint density at radius 3 is 3.07 bits per heavy atom. The number of nitrogens with zero attached hydrogens (tertiary/aromatic N) is 2. The molecule has 4 nitrogen and oxygen atoms in total. The highest BCUT2D eigenvalue weighted by Gasteiger charge is 2.08. The zero-order valence-corrected chi connectivity index (χ0v) is 9.86. The third-order valence-electron chi connectivity index (χ3n) is 1.93. The molecule has 0 atom stereocenters. The summed E-state index contributed by atoms with van der Waals surface area (Å²) in [6.45, 7) is 6.15. The molecule has 0 aliphatic heterocycles. The number of aromatic nitrogens is 1. The third kappa shape index (κ3) is 3.50. The molecule has 1 heterocycles. The minimum Gasteiger partial charge on any atom is -0.382 e. The minimum atomic E-state index is 0.663. The van der Waals surface area contributed by atoms with Gasteiger partial charge in [-0.2, -0.15) is 9.64 Å². The number of nitrogens with one attached hydrogen (secondary N) is 1. The van der Waals surface area contributed by atoms with E-state index in [0.717, 1.165) is 36.9 Å². The Morgan fingerprint density at radius 2 is 2.40 bits per heavy atom. The van der Waals surface area contributed by atoms with Crippen molar-refractivity contribution in [1.29, 1.82) is 5.26 Å². The van der Waals surface area contributed by atoms with Crippen molar-refractivity contribution in [1.82, 2.24) is 4.37 Å². The molecule has 0 saturated carbocycles. The first-order valence-electron chi connectivity index (χ1n) is 4.97. The van der Waals surface area contributed by atoms with E-state index >= 15 is 0 Å². The minimum absolute atomic E-state index is 0.663. The van der Waals surface area contributed by atoms with Gasteiger partial charge in [-0.05, 0) is 31.8 Å². The fourth-order valence-corrected chi connectivity index (χ4v) is 1.91. The van der Waals surface area contributed by atoms with E-state index in [1.54, 1.807) is 0 Å². The van der Waals surface area contributed by atoms with Crippen LogP contribution in [0.1, 0.15) is 24.6 Å². The van der Waals surface area contributed by atoms with Crippen molar-refractivity contribution in [3.63, 3.8) is 0 Å². The van der Waals surface area contributed by atoms with Gasteiger partial charge in [0.05, 0.1) is 5.69 Å². The zero-order valence-electron chi connectivity index (χ0n) is 9.04. The van der Waals surface area contributed by atoms with Gasteiger partial charge in [0, 0.05) is 19.8 Å². The monoisotopic (exact) mass is 225 g/mol. The van der Waals surface area contributed by atoms with Gasteiger partial charge in [-0.1, -0.05) is 0 Å². The Balaban J connectivity index is 2.35. The van der Waals surface area contributed by atoms with Gasteiger partial charge in [0.1, 0.15) is 16.6 Å². The van der Waals surface area contributed by atoms with Gasteiger partial charge in [0.2, 0.25) is 0 Å². The molecule has 1 aromatic heterocycles. The highest BCUT2D eigenvalue weighted by Crippen LogP contribution is 2.22. The summed E-state index contributed by atoms with van der Waals surface area (Å²) in [5, 5.41) is 12.9. The first-order valence-corrected chi connectivity index (χ1v) is 5.75. The lowest BCUT2D eigenvalue weighted by atomic mass is 10.3. The fourth-order valence-electron chi connectivity index (χ4n) is 1.14. The molecule has 0 aliphatic rings. The maximum Gasteiger partial charge on any atom is 0.127 e. The Kier molecular flexibility index (Phi) is 5.08. The van der Waals surface area contributed by atoms with Crippen LogP contribution in [0.25, 0.3) is 0 Å². The SMILES string of the molecule is CCOCCCNc1snc(C)c1C#N. The molecule has 1 aromatic rings. The predicted octanol–water partition coefficient (Wildman–Crippen LogP) is 2.16. The van der Waals surface area contributed by atoms with Crippen molar-refractivity contribution >= 4 is 16.5 Å². The van der Waals surface area contributed by atoms with Crippen molar-refractivity contribution in [2.24, 2.45) is 0 Å². The van der Waals surface area contributed by atoms with Gasteiger partial charge in [-0.3, -0.25) is 0 Å². The number of rotatable bonds is 6. The summed E-state index contributed by atoms with van der Waals surface area (Å²) in [6, 6.07) is 2.15. The lowest BCUT2D eigenvalue weighted by Gasteiger charge is -2.03. The Morgan fingerprint density at radius 1 is 1.60 bits per heavy atom. The van der Waals surface area contributed by atoms with Crippen LogP contribution in [0.2, 0.25) is 0 Å². The molecule has 1 N–H and O–H groups in total. The first-order chi connectivity index (χ1) is 7.29. The van der Waals surface area contributed by atoms with Gasteiger partial charge in [0.25, 0.3) is 0 Å². The number of hydrogen-bond donors (Lipinski definition) is 1. The number of nitriles is 1. The quantitative estimate of drug-likeness (QED) is 0.754. The zero-order chi connectivity index (χ0) is 11.1. The fraction of sp³-hybridized carbons (Fsp3) is 0.600. The summed E-state index contributed by atoms with van der Waals surface area (Å²) in [7, 11) is 0. The standard InChI is InChI=1S/C10H15N3OS/c1-3-14-6-4-5-12-10-9(7-11)8(2)13-15-10/h12H,3-6H2,1-2H3. The van der Waals surface area contributed by atoms with E-state index in [1.807, 2.05) is 13.8 Å². The molecule has 0 aliphatic carbocycles. The van der Waals surface area contributed by atoms with Crippen LogP contribution < -0.4 is 5.32 Å². The maximum atomic E-state index is 8.88. The third-order valence-corrected chi connectivity index (χ3v) is 2.83. The summed E-state index contributed by atoms with van der Waals surface area (Å²) in [6.07, 6.45) is 0.940. The maximum absolute atomic E-state index is 8.88. The summed E-state index contributed by atoms with van der Waals surface area (Å²) >= 11 is 1.34. The summed E-state index contributed by atoms with van der Waals surface area (Å²) in [5.74, 6) is 0. The van der Waals surface area contributed by atoms with Crippen molar-refractivity contribution in [3.05, 3.63) is 11.3 Å². The van der Waals surface area contributed by atoms with E-state index in [-0.39, 0.29) is 0 Å². The number of ether oxygens (including phenoxy) is 1. The van der Waals surface area contributed by atoms with Gasteiger partial charge >= 0.3 is 0 Å². The van der Waals surface area contributed by atoms with E-state index in [4.69, 9.17) is 10.00 Å². The van der Waals surface area contributed by atoms with Crippen LogP contribution in [0.3, 0.4) is 0 Å². The van der Waals surface area contributed by atoms with Gasteiger partial charge in [0.15, 0.2) is 0 Å². The van der Waals surface area contributed by atoms with Crippen LogP contribution in [-0.4, -0.2) is 24.1 Å². The molecule has 0 amide bonds. The smallest absolute Gasteiger partial charge is 0.127 e. The molecule has 1 rings (SSSR count). The second-order valence-electron chi connectivity index (χ2n) is 3.06. The van der Waals surface area contributed by atoms with E-state index < -0.39 is 0 Å². The molecular weight excluding hydrogens is 210 g/mol. The molecule has 0 unspecified atom stereocenters. The Hall–Kier alpha value is -1.12. The topological polar surface area (TPSA) is 57.9 Å². The second kappa shape index (κ2) is 6.38. The van der Waals surface area contributed by atoms with Gasteiger partial charge in [-0.25, -0.2) is 0 Å². The first kappa shape index (κ1) is 12.0. The molecule has 0 saturated heterocycles. The normalized spacial score (nSPS) is 9.93. The van der Waals surface area contributed by atoms with Crippen LogP contribution in [0.5, 0.6) is 0 Å². The van der Waals surface area contributed by atoms with Crippen molar-refractivity contribution in [3.8, 4) is 6.07 Å². The Bertz CT molecular complexity index is 343. The molecule has 5 heteroatoms. The average molecular weight is 225 g/mol. The molecule has 82 valence electrons. The van der Waals surface area contributed by atoms with Gasteiger partial charge in [-0.15, -0.1) is 0 Å². The Labute approximate surface area is 94.0 Å². The molecule has 0 bridgehead atoms. The highest BCUT2D eigenvalue weighted by atomic mass is 32.1. The van der Waals surface area contributed by atoms with E-state index in [0.29, 0.717) is 5.56 Å². The van der Waals surface area contributed by atoms with Gasteiger partial charge < -0.3 is 10.1 Å². The number of hydrogen-bond acceptors (Lipinski definition) is 5. The molecule has 0 spiro atoms. The highest BCUT2D eigenvalue weighted by molar-refractivity contribution is 7.10. The van der Waals surface area contributed by atoms with Crippen LogP contribution in [0, 0.1) is 18.3 Å². The van der Waals surface area contributed by atoms with E-state index in [1.165, 1.54) is 11.5 Å². The van der Waals surface area contributed by atoms with Crippen LogP contribution in [0.4, 0.5) is 5.00 Å². The van der Waals surface area contributed by atoms with E-state index in [9.17, 15) is 0 Å². The average Bonchev–Trinajstić information content (AvgIpc) is 2.59. The molecule has 0 aromatic carbocycles. The molecule has 15 heavy (non-hydrogen) atoms. The lowest BCUT2D eigenvalue weighted by molar-refractivity contribution is 0.147. The van der Waals surface area contributed by atoms with Crippen LogP contribution in [0.15, 0.2) is 0 Å². The second-order valence-corrected chi connectivity index (χ2v) is 3.83. The largest absolute Gasteiger partial charge is 0.382 e.